The van der Waals surface area contributed by atoms with Gasteiger partial charge in [0.25, 0.3) is 0 Å². The van der Waals surface area contributed by atoms with Gasteiger partial charge in [-0.05, 0) is 54.5 Å². The van der Waals surface area contributed by atoms with Crippen molar-refractivity contribution in [3.8, 4) is 5.75 Å². The number of carbonyl (C=O) groups is 1. The third-order valence-corrected chi connectivity index (χ3v) is 2.81. The Hall–Kier alpha value is -2.75. The van der Waals surface area contributed by atoms with E-state index in [9.17, 15) is 9.90 Å². The normalized spacial score (nSPS) is 10.7. The van der Waals surface area contributed by atoms with Crippen LogP contribution in [0, 0.1) is 6.92 Å². The predicted molar refractivity (Wildman–Crippen MR) is 81.4 cm³/mol. The van der Waals surface area contributed by atoms with E-state index in [0.717, 1.165) is 11.1 Å². The molecular weight excluding hydrogens is 252 g/mol. The summed E-state index contributed by atoms with van der Waals surface area (Å²) in [7, 11) is 0. The second kappa shape index (κ2) is 5.93. The Labute approximate surface area is 117 Å². The van der Waals surface area contributed by atoms with E-state index in [1.807, 2.05) is 19.1 Å². The number of carbonyl (C=O) groups excluding carboxylic acids is 1. The van der Waals surface area contributed by atoms with E-state index in [0.29, 0.717) is 11.4 Å². The molecule has 2 rings (SSSR count). The van der Waals surface area contributed by atoms with Gasteiger partial charge in [0.1, 0.15) is 5.75 Å². The van der Waals surface area contributed by atoms with Gasteiger partial charge in [-0.3, -0.25) is 4.79 Å². The van der Waals surface area contributed by atoms with E-state index < -0.39 is 0 Å². The molecule has 2 aromatic rings. The first-order chi connectivity index (χ1) is 9.54. The third kappa shape index (κ3) is 3.62. The number of nitrogens with two attached hydrogens (primary N) is 1. The summed E-state index contributed by atoms with van der Waals surface area (Å²) >= 11 is 0. The number of anilines is 2. The van der Waals surface area contributed by atoms with Crippen LogP contribution < -0.4 is 11.1 Å². The van der Waals surface area contributed by atoms with Crippen molar-refractivity contribution in [1.82, 2.24) is 0 Å². The number of hydrogen-bond donors (Lipinski definition) is 3. The first-order valence-electron chi connectivity index (χ1n) is 6.19. The Morgan fingerprint density at radius 3 is 2.75 bits per heavy atom. The van der Waals surface area contributed by atoms with Crippen LogP contribution in [0.2, 0.25) is 0 Å². The molecule has 0 saturated carbocycles. The second-order valence-electron chi connectivity index (χ2n) is 4.49. The number of phenolic OH excluding ortho intramolecular Hbond substituents is 1. The Balaban J connectivity index is 2.05. The molecule has 0 radical (unpaired) electrons. The van der Waals surface area contributed by atoms with Gasteiger partial charge in [0, 0.05) is 17.5 Å². The summed E-state index contributed by atoms with van der Waals surface area (Å²) in [5, 5.41) is 12.1. The molecule has 0 aliphatic heterocycles. The van der Waals surface area contributed by atoms with Crippen molar-refractivity contribution in [2.75, 3.05) is 11.1 Å². The molecule has 20 heavy (non-hydrogen) atoms. The molecule has 1 amide bonds. The molecule has 0 aromatic heterocycles. The van der Waals surface area contributed by atoms with Crippen LogP contribution in [-0.4, -0.2) is 11.0 Å². The van der Waals surface area contributed by atoms with Crippen LogP contribution >= 0.6 is 0 Å². The third-order valence-electron chi connectivity index (χ3n) is 2.81. The number of rotatable bonds is 3. The number of nitrogens with one attached hydrogen (secondary N) is 1. The van der Waals surface area contributed by atoms with Gasteiger partial charge in [-0.25, -0.2) is 0 Å². The van der Waals surface area contributed by atoms with Gasteiger partial charge in [0.2, 0.25) is 5.91 Å². The molecule has 2 aromatic carbocycles. The number of nitrogen functional groups attached to an aromatic ring is 1. The van der Waals surface area contributed by atoms with Gasteiger partial charge in [-0.2, -0.15) is 0 Å². The number of aryl methyl sites for hydroxylation is 1. The molecule has 102 valence electrons. The zero-order valence-corrected chi connectivity index (χ0v) is 11.1. The van der Waals surface area contributed by atoms with Gasteiger partial charge < -0.3 is 16.2 Å². The molecule has 0 fully saturated rings. The smallest absolute Gasteiger partial charge is 0.248 e. The highest BCUT2D eigenvalue weighted by atomic mass is 16.3. The Morgan fingerprint density at radius 1 is 1.25 bits per heavy atom. The van der Waals surface area contributed by atoms with Crippen molar-refractivity contribution >= 4 is 23.4 Å². The lowest BCUT2D eigenvalue weighted by Crippen LogP contribution is -2.08. The van der Waals surface area contributed by atoms with Crippen LogP contribution in [0.1, 0.15) is 11.1 Å². The zero-order valence-electron chi connectivity index (χ0n) is 11.1. The van der Waals surface area contributed by atoms with Crippen molar-refractivity contribution in [3.63, 3.8) is 0 Å². The molecule has 0 bridgehead atoms. The molecule has 4 heteroatoms. The van der Waals surface area contributed by atoms with Crippen LogP contribution in [0.3, 0.4) is 0 Å². The molecule has 0 unspecified atom stereocenters. The predicted octanol–water partition coefficient (Wildman–Crippen LogP) is 2.93. The van der Waals surface area contributed by atoms with Gasteiger partial charge in [0.05, 0.1) is 0 Å². The molecule has 0 atom stereocenters. The Morgan fingerprint density at radius 2 is 2.05 bits per heavy atom. The fourth-order valence-corrected chi connectivity index (χ4v) is 1.80. The SMILES string of the molecule is Cc1cc(O)ccc1NC(=O)/C=C/c1cccc(N)c1. The lowest BCUT2D eigenvalue weighted by molar-refractivity contribution is -0.111. The standard InChI is InChI=1S/C16H16N2O2/c1-11-9-14(19)6-7-15(11)18-16(20)8-5-12-3-2-4-13(17)10-12/h2-10,19H,17H2,1H3,(H,18,20)/b8-5+. The molecule has 0 aliphatic carbocycles. The fourth-order valence-electron chi connectivity index (χ4n) is 1.80. The fraction of sp³-hybridized carbons (Fsp3) is 0.0625. The largest absolute Gasteiger partial charge is 0.508 e. The number of hydrogen-bond acceptors (Lipinski definition) is 3. The second-order valence-corrected chi connectivity index (χ2v) is 4.49. The zero-order chi connectivity index (χ0) is 14.5. The Bertz CT molecular complexity index is 663. The lowest BCUT2D eigenvalue weighted by atomic mass is 10.1. The van der Waals surface area contributed by atoms with Gasteiger partial charge in [0.15, 0.2) is 0 Å². The lowest BCUT2D eigenvalue weighted by Gasteiger charge is -2.06. The van der Waals surface area contributed by atoms with Crippen LogP contribution in [0.4, 0.5) is 11.4 Å². The van der Waals surface area contributed by atoms with Gasteiger partial charge in [-0.1, -0.05) is 12.1 Å². The van der Waals surface area contributed by atoms with Crippen LogP contribution in [0.5, 0.6) is 5.75 Å². The highest BCUT2D eigenvalue weighted by Gasteiger charge is 2.02. The summed E-state index contributed by atoms with van der Waals surface area (Å²) in [4.78, 5) is 11.8. The number of benzene rings is 2. The minimum Gasteiger partial charge on any atom is -0.508 e. The molecule has 4 N–H and O–H groups in total. The first-order valence-corrected chi connectivity index (χ1v) is 6.19. The summed E-state index contributed by atoms with van der Waals surface area (Å²) in [5.74, 6) is -0.0583. The van der Waals surface area contributed by atoms with E-state index >= 15 is 0 Å². The maximum atomic E-state index is 11.8. The monoisotopic (exact) mass is 268 g/mol. The van der Waals surface area contributed by atoms with Crippen LogP contribution in [0.15, 0.2) is 48.5 Å². The van der Waals surface area contributed by atoms with E-state index in [1.165, 1.54) is 12.1 Å². The summed E-state index contributed by atoms with van der Waals surface area (Å²) in [6.45, 7) is 1.82. The maximum Gasteiger partial charge on any atom is 0.248 e. The molecular formula is C16H16N2O2. The van der Waals surface area contributed by atoms with Crippen molar-refractivity contribution in [3.05, 3.63) is 59.7 Å². The summed E-state index contributed by atoms with van der Waals surface area (Å²) in [6, 6.07) is 12.1. The van der Waals surface area contributed by atoms with Crippen molar-refractivity contribution in [2.45, 2.75) is 6.92 Å². The minimum absolute atomic E-state index is 0.177. The molecule has 4 nitrogen and oxygen atoms in total. The first kappa shape index (κ1) is 13.7. The topological polar surface area (TPSA) is 75.3 Å². The van der Waals surface area contributed by atoms with E-state index in [1.54, 1.807) is 30.3 Å². The number of aromatic hydroxyl groups is 1. The molecule has 0 heterocycles. The average Bonchev–Trinajstić information content (AvgIpc) is 2.40. The molecule has 0 aliphatic rings. The van der Waals surface area contributed by atoms with E-state index in [4.69, 9.17) is 5.73 Å². The number of phenols is 1. The summed E-state index contributed by atoms with van der Waals surface area (Å²) in [6.07, 6.45) is 3.14. The van der Waals surface area contributed by atoms with Crippen molar-refractivity contribution in [2.24, 2.45) is 0 Å². The minimum atomic E-state index is -0.235. The number of amides is 1. The summed E-state index contributed by atoms with van der Waals surface area (Å²) < 4.78 is 0. The highest BCUT2D eigenvalue weighted by molar-refractivity contribution is 6.02. The average molecular weight is 268 g/mol. The van der Waals surface area contributed by atoms with E-state index in [2.05, 4.69) is 5.32 Å². The van der Waals surface area contributed by atoms with Crippen LogP contribution in [0.25, 0.3) is 6.08 Å². The summed E-state index contributed by atoms with van der Waals surface area (Å²) in [5.41, 5.74) is 8.66. The van der Waals surface area contributed by atoms with E-state index in [-0.39, 0.29) is 11.7 Å². The van der Waals surface area contributed by atoms with Crippen LogP contribution in [-0.2, 0) is 4.79 Å². The quantitative estimate of drug-likeness (QED) is 0.455. The highest BCUT2D eigenvalue weighted by Crippen LogP contribution is 2.20. The Kier molecular flexibility index (Phi) is 4.05. The maximum absolute atomic E-state index is 11.8. The van der Waals surface area contributed by atoms with Crippen molar-refractivity contribution < 1.29 is 9.90 Å². The van der Waals surface area contributed by atoms with Crippen molar-refractivity contribution in [1.29, 1.82) is 0 Å². The van der Waals surface area contributed by atoms with Gasteiger partial charge >= 0.3 is 0 Å². The van der Waals surface area contributed by atoms with Gasteiger partial charge in [-0.15, -0.1) is 0 Å². The molecule has 0 saturated heterocycles. The molecule has 0 spiro atoms.